The van der Waals surface area contributed by atoms with Crippen LogP contribution in [0.15, 0.2) is 24.3 Å². The number of thioether (sulfide) groups is 1. The monoisotopic (exact) mass is 295 g/mol. The maximum atomic E-state index is 12.1. The van der Waals surface area contributed by atoms with E-state index >= 15 is 0 Å². The SMILES string of the molecule is COc1cccc(CCC(=O)N2CSCC2C(=O)O)c1. The van der Waals surface area contributed by atoms with Gasteiger partial charge in [-0.05, 0) is 24.1 Å². The Morgan fingerprint density at radius 2 is 2.30 bits per heavy atom. The van der Waals surface area contributed by atoms with Crippen molar-refractivity contribution in [2.45, 2.75) is 18.9 Å². The largest absolute Gasteiger partial charge is 0.497 e. The van der Waals surface area contributed by atoms with Crippen LogP contribution in [0, 0.1) is 0 Å². The minimum absolute atomic E-state index is 0.106. The van der Waals surface area contributed by atoms with Crippen molar-refractivity contribution in [3.05, 3.63) is 29.8 Å². The van der Waals surface area contributed by atoms with Crippen molar-refractivity contribution in [1.82, 2.24) is 4.90 Å². The molecule has 2 rings (SSSR count). The fraction of sp³-hybridized carbons (Fsp3) is 0.429. The van der Waals surface area contributed by atoms with E-state index in [1.807, 2.05) is 24.3 Å². The van der Waals surface area contributed by atoms with Crippen molar-refractivity contribution in [1.29, 1.82) is 0 Å². The van der Waals surface area contributed by atoms with Crippen molar-refractivity contribution in [3.63, 3.8) is 0 Å². The Morgan fingerprint density at radius 1 is 1.50 bits per heavy atom. The molecule has 1 fully saturated rings. The molecular formula is C14H17NO4S. The quantitative estimate of drug-likeness (QED) is 0.894. The second-order valence-electron chi connectivity index (χ2n) is 4.57. The number of benzene rings is 1. The fourth-order valence-corrected chi connectivity index (χ4v) is 3.29. The third-order valence-electron chi connectivity index (χ3n) is 3.25. The summed E-state index contributed by atoms with van der Waals surface area (Å²) in [5.41, 5.74) is 1.01. The first-order valence-corrected chi connectivity index (χ1v) is 7.50. The summed E-state index contributed by atoms with van der Waals surface area (Å²) in [6.45, 7) is 0. The molecule has 108 valence electrons. The number of aliphatic carboxylic acids is 1. The molecule has 1 N–H and O–H groups in total. The molecule has 1 unspecified atom stereocenters. The van der Waals surface area contributed by atoms with Crippen LogP contribution >= 0.6 is 11.8 Å². The summed E-state index contributed by atoms with van der Waals surface area (Å²) in [7, 11) is 1.60. The molecule has 5 nitrogen and oxygen atoms in total. The van der Waals surface area contributed by atoms with E-state index in [0.717, 1.165) is 11.3 Å². The van der Waals surface area contributed by atoms with Crippen molar-refractivity contribution in [2.24, 2.45) is 0 Å². The zero-order valence-electron chi connectivity index (χ0n) is 11.2. The highest BCUT2D eigenvalue weighted by atomic mass is 32.2. The van der Waals surface area contributed by atoms with Gasteiger partial charge in [-0.15, -0.1) is 11.8 Å². The first kappa shape index (κ1) is 14.7. The van der Waals surface area contributed by atoms with Crippen LogP contribution in [0.25, 0.3) is 0 Å². The predicted octanol–water partition coefficient (Wildman–Crippen LogP) is 1.61. The van der Waals surface area contributed by atoms with Gasteiger partial charge in [0, 0.05) is 12.2 Å². The maximum Gasteiger partial charge on any atom is 0.327 e. The molecule has 6 heteroatoms. The minimum Gasteiger partial charge on any atom is -0.497 e. The van der Waals surface area contributed by atoms with Gasteiger partial charge in [0.2, 0.25) is 5.91 Å². The standard InChI is InChI=1S/C14H17NO4S/c1-19-11-4-2-3-10(7-11)5-6-13(16)15-9-20-8-12(15)14(17)18/h2-4,7,12H,5-6,8-9H2,1H3,(H,17,18). The first-order valence-electron chi connectivity index (χ1n) is 6.35. The van der Waals surface area contributed by atoms with Gasteiger partial charge in [0.05, 0.1) is 13.0 Å². The lowest BCUT2D eigenvalue weighted by Crippen LogP contribution is -2.41. The summed E-state index contributed by atoms with van der Waals surface area (Å²) in [5, 5.41) is 9.06. The molecule has 0 radical (unpaired) electrons. The van der Waals surface area contributed by atoms with Crippen molar-refractivity contribution >= 4 is 23.6 Å². The number of carbonyl (C=O) groups is 2. The number of hydrogen-bond acceptors (Lipinski definition) is 4. The van der Waals surface area contributed by atoms with Gasteiger partial charge in [0.15, 0.2) is 0 Å². The van der Waals surface area contributed by atoms with E-state index in [1.54, 1.807) is 7.11 Å². The summed E-state index contributed by atoms with van der Waals surface area (Å²) in [6.07, 6.45) is 0.904. The Labute approximate surface area is 121 Å². The van der Waals surface area contributed by atoms with E-state index in [2.05, 4.69) is 0 Å². The second-order valence-corrected chi connectivity index (χ2v) is 5.57. The molecule has 0 spiro atoms. The molecule has 1 aliphatic heterocycles. The van der Waals surface area contributed by atoms with E-state index < -0.39 is 12.0 Å². The molecule has 1 aromatic rings. The highest BCUT2D eigenvalue weighted by molar-refractivity contribution is 7.99. The van der Waals surface area contributed by atoms with Gasteiger partial charge in [-0.25, -0.2) is 4.79 Å². The maximum absolute atomic E-state index is 12.1. The van der Waals surface area contributed by atoms with Crippen LogP contribution in [0.2, 0.25) is 0 Å². The van der Waals surface area contributed by atoms with Gasteiger partial charge < -0.3 is 14.7 Å². The molecule has 1 saturated heterocycles. The summed E-state index contributed by atoms with van der Waals surface area (Å²) in [6, 6.07) is 6.87. The molecule has 1 aromatic carbocycles. The molecule has 1 heterocycles. The molecule has 0 aromatic heterocycles. The second kappa shape index (κ2) is 6.65. The topological polar surface area (TPSA) is 66.8 Å². The van der Waals surface area contributed by atoms with Crippen LogP contribution in [0.3, 0.4) is 0 Å². The fourth-order valence-electron chi connectivity index (χ4n) is 2.12. The predicted molar refractivity (Wildman–Crippen MR) is 76.9 cm³/mol. The summed E-state index contributed by atoms with van der Waals surface area (Å²) < 4.78 is 5.13. The van der Waals surface area contributed by atoms with E-state index in [-0.39, 0.29) is 5.91 Å². The zero-order chi connectivity index (χ0) is 14.5. The number of carboxylic acid groups (broad SMARTS) is 1. The number of nitrogens with zero attached hydrogens (tertiary/aromatic N) is 1. The van der Waals surface area contributed by atoms with Crippen LogP contribution in [-0.4, -0.2) is 46.7 Å². The normalized spacial score (nSPS) is 18.1. The Hall–Kier alpha value is -1.69. The molecule has 0 bridgehead atoms. The number of amides is 1. The average molecular weight is 295 g/mol. The van der Waals surface area contributed by atoms with E-state index in [1.165, 1.54) is 16.7 Å². The minimum atomic E-state index is -0.926. The third-order valence-corrected chi connectivity index (χ3v) is 4.26. The van der Waals surface area contributed by atoms with Gasteiger partial charge in [0.25, 0.3) is 0 Å². The van der Waals surface area contributed by atoms with Crippen molar-refractivity contribution in [2.75, 3.05) is 18.7 Å². The van der Waals surface area contributed by atoms with Crippen LogP contribution in [0.4, 0.5) is 0 Å². The third kappa shape index (κ3) is 3.45. The van der Waals surface area contributed by atoms with Gasteiger partial charge in [0.1, 0.15) is 11.8 Å². The number of hydrogen-bond donors (Lipinski definition) is 1. The number of rotatable bonds is 5. The zero-order valence-corrected chi connectivity index (χ0v) is 12.1. The highest BCUT2D eigenvalue weighted by Gasteiger charge is 2.33. The van der Waals surface area contributed by atoms with Gasteiger partial charge in [-0.2, -0.15) is 0 Å². The Morgan fingerprint density at radius 3 is 3.00 bits per heavy atom. The molecule has 0 saturated carbocycles. The lowest BCUT2D eigenvalue weighted by Gasteiger charge is -2.20. The summed E-state index contributed by atoms with van der Waals surface area (Å²) in [5.74, 6) is 0.666. The number of methoxy groups -OCH3 is 1. The summed E-state index contributed by atoms with van der Waals surface area (Å²) >= 11 is 1.48. The number of aryl methyl sites for hydroxylation is 1. The van der Waals surface area contributed by atoms with Crippen LogP contribution in [-0.2, 0) is 16.0 Å². The molecule has 20 heavy (non-hydrogen) atoms. The lowest BCUT2D eigenvalue weighted by atomic mass is 10.1. The molecule has 1 aliphatic rings. The Bertz CT molecular complexity index is 506. The highest BCUT2D eigenvalue weighted by Crippen LogP contribution is 2.22. The van der Waals surface area contributed by atoms with Crippen molar-refractivity contribution < 1.29 is 19.4 Å². The van der Waals surface area contributed by atoms with Crippen LogP contribution < -0.4 is 4.74 Å². The van der Waals surface area contributed by atoms with Gasteiger partial charge >= 0.3 is 5.97 Å². The van der Waals surface area contributed by atoms with E-state index in [9.17, 15) is 9.59 Å². The number of carbonyl (C=O) groups excluding carboxylic acids is 1. The first-order chi connectivity index (χ1) is 9.61. The van der Waals surface area contributed by atoms with Crippen LogP contribution in [0.5, 0.6) is 5.75 Å². The Balaban J connectivity index is 1.93. The van der Waals surface area contributed by atoms with Crippen LogP contribution in [0.1, 0.15) is 12.0 Å². The molecule has 1 atom stereocenters. The number of ether oxygens (including phenoxy) is 1. The van der Waals surface area contributed by atoms with E-state index in [4.69, 9.17) is 9.84 Å². The van der Waals surface area contributed by atoms with E-state index in [0.29, 0.717) is 24.5 Å². The van der Waals surface area contributed by atoms with Gasteiger partial charge in [-0.1, -0.05) is 12.1 Å². The Kier molecular flexibility index (Phi) is 4.89. The molecule has 0 aliphatic carbocycles. The van der Waals surface area contributed by atoms with Gasteiger partial charge in [-0.3, -0.25) is 4.79 Å². The number of carboxylic acids is 1. The van der Waals surface area contributed by atoms with Crippen molar-refractivity contribution in [3.8, 4) is 5.75 Å². The smallest absolute Gasteiger partial charge is 0.327 e. The molecular weight excluding hydrogens is 278 g/mol. The summed E-state index contributed by atoms with van der Waals surface area (Å²) in [4.78, 5) is 24.6. The average Bonchev–Trinajstić information content (AvgIpc) is 2.94. The lowest BCUT2D eigenvalue weighted by molar-refractivity contribution is -0.147. The molecule has 1 amide bonds.